The SMILES string of the molecule is O=C(O)CCc1nc(N2CCCC2)cc(=O)[nH]1. The average molecular weight is 237 g/mol. The molecule has 0 spiro atoms. The lowest BCUT2D eigenvalue weighted by molar-refractivity contribution is -0.137. The number of aromatic amines is 1. The zero-order valence-corrected chi connectivity index (χ0v) is 9.48. The lowest BCUT2D eigenvalue weighted by Crippen LogP contribution is -2.23. The summed E-state index contributed by atoms with van der Waals surface area (Å²) >= 11 is 0. The Morgan fingerprint density at radius 2 is 2.18 bits per heavy atom. The molecule has 1 fully saturated rings. The molecule has 0 atom stereocenters. The monoisotopic (exact) mass is 237 g/mol. The number of carboxylic acid groups (broad SMARTS) is 1. The van der Waals surface area contributed by atoms with Crippen LogP contribution in [0.3, 0.4) is 0 Å². The number of nitrogens with one attached hydrogen (secondary N) is 1. The molecule has 0 saturated carbocycles. The van der Waals surface area contributed by atoms with E-state index in [1.54, 1.807) is 0 Å². The van der Waals surface area contributed by atoms with Crippen LogP contribution in [0.15, 0.2) is 10.9 Å². The number of anilines is 1. The molecule has 2 N–H and O–H groups in total. The van der Waals surface area contributed by atoms with E-state index in [1.807, 2.05) is 0 Å². The van der Waals surface area contributed by atoms with Crippen molar-refractivity contribution < 1.29 is 9.90 Å². The van der Waals surface area contributed by atoms with Crippen LogP contribution in [0.25, 0.3) is 0 Å². The molecule has 0 aliphatic carbocycles. The molecule has 1 aromatic rings. The Bertz CT molecular complexity index is 463. The fourth-order valence-corrected chi connectivity index (χ4v) is 1.95. The molecule has 6 nitrogen and oxygen atoms in total. The van der Waals surface area contributed by atoms with Gasteiger partial charge in [-0.3, -0.25) is 9.59 Å². The van der Waals surface area contributed by atoms with Gasteiger partial charge in [-0.25, -0.2) is 4.98 Å². The Balaban J connectivity index is 2.16. The molecule has 1 aromatic heterocycles. The second kappa shape index (κ2) is 4.99. The van der Waals surface area contributed by atoms with E-state index >= 15 is 0 Å². The Labute approximate surface area is 98.3 Å². The molecule has 17 heavy (non-hydrogen) atoms. The van der Waals surface area contributed by atoms with Crippen molar-refractivity contribution in [1.29, 1.82) is 0 Å². The maximum Gasteiger partial charge on any atom is 0.303 e. The van der Waals surface area contributed by atoms with Crippen molar-refractivity contribution in [3.8, 4) is 0 Å². The third-order valence-corrected chi connectivity index (χ3v) is 2.78. The van der Waals surface area contributed by atoms with Gasteiger partial charge in [0.05, 0.1) is 6.42 Å². The van der Waals surface area contributed by atoms with Crippen LogP contribution in [0, 0.1) is 0 Å². The van der Waals surface area contributed by atoms with Gasteiger partial charge in [-0.15, -0.1) is 0 Å². The summed E-state index contributed by atoms with van der Waals surface area (Å²) in [4.78, 5) is 30.8. The van der Waals surface area contributed by atoms with E-state index in [9.17, 15) is 9.59 Å². The molecule has 0 bridgehead atoms. The first-order valence-corrected chi connectivity index (χ1v) is 5.72. The van der Waals surface area contributed by atoms with Crippen molar-refractivity contribution >= 4 is 11.8 Å². The third-order valence-electron chi connectivity index (χ3n) is 2.78. The number of rotatable bonds is 4. The summed E-state index contributed by atoms with van der Waals surface area (Å²) in [5.74, 6) is 0.215. The Morgan fingerprint density at radius 3 is 2.82 bits per heavy atom. The van der Waals surface area contributed by atoms with E-state index < -0.39 is 5.97 Å². The minimum atomic E-state index is -0.890. The number of aromatic nitrogens is 2. The predicted octanol–water partition coefficient (Wildman–Crippen LogP) is 0.387. The van der Waals surface area contributed by atoms with E-state index in [0.717, 1.165) is 25.9 Å². The molecule has 2 rings (SSSR count). The highest BCUT2D eigenvalue weighted by Crippen LogP contribution is 2.15. The quantitative estimate of drug-likeness (QED) is 0.791. The number of hydrogen-bond donors (Lipinski definition) is 2. The molecule has 1 aliphatic heterocycles. The first-order chi connectivity index (χ1) is 8.15. The molecule has 0 unspecified atom stereocenters. The molecular weight excluding hydrogens is 222 g/mol. The van der Waals surface area contributed by atoms with Crippen molar-refractivity contribution in [2.45, 2.75) is 25.7 Å². The number of aryl methyl sites for hydroxylation is 1. The van der Waals surface area contributed by atoms with Crippen LogP contribution in [0.5, 0.6) is 0 Å². The van der Waals surface area contributed by atoms with Crippen molar-refractivity contribution in [1.82, 2.24) is 9.97 Å². The first-order valence-electron chi connectivity index (χ1n) is 5.72. The molecular formula is C11H15N3O3. The predicted molar refractivity (Wildman–Crippen MR) is 62.3 cm³/mol. The lowest BCUT2D eigenvalue weighted by Gasteiger charge is -2.16. The molecule has 1 saturated heterocycles. The van der Waals surface area contributed by atoms with E-state index in [2.05, 4.69) is 14.9 Å². The van der Waals surface area contributed by atoms with Crippen molar-refractivity contribution in [2.24, 2.45) is 0 Å². The van der Waals surface area contributed by atoms with Crippen LogP contribution in [0.1, 0.15) is 25.1 Å². The van der Waals surface area contributed by atoms with Gasteiger partial charge in [0.25, 0.3) is 5.56 Å². The summed E-state index contributed by atoms with van der Waals surface area (Å²) in [5.41, 5.74) is -0.220. The fourth-order valence-electron chi connectivity index (χ4n) is 1.95. The van der Waals surface area contributed by atoms with Gasteiger partial charge in [-0.1, -0.05) is 0 Å². The molecule has 0 amide bonds. The maximum absolute atomic E-state index is 11.4. The van der Waals surface area contributed by atoms with E-state index in [0.29, 0.717) is 11.6 Å². The maximum atomic E-state index is 11.4. The second-order valence-corrected chi connectivity index (χ2v) is 4.14. The zero-order valence-electron chi connectivity index (χ0n) is 9.48. The van der Waals surface area contributed by atoms with Gasteiger partial charge in [0, 0.05) is 25.6 Å². The van der Waals surface area contributed by atoms with Crippen LogP contribution in [-0.2, 0) is 11.2 Å². The van der Waals surface area contributed by atoms with Crippen molar-refractivity contribution in [3.05, 3.63) is 22.2 Å². The molecule has 92 valence electrons. The molecule has 0 radical (unpaired) electrons. The molecule has 6 heteroatoms. The summed E-state index contributed by atoms with van der Waals surface area (Å²) < 4.78 is 0. The normalized spacial score (nSPS) is 15.2. The molecule has 1 aliphatic rings. The molecule has 0 aromatic carbocycles. The summed E-state index contributed by atoms with van der Waals surface area (Å²) in [6.45, 7) is 1.82. The number of carbonyl (C=O) groups is 1. The topological polar surface area (TPSA) is 86.3 Å². The number of carboxylic acids is 1. The van der Waals surface area contributed by atoms with Gasteiger partial charge in [0.1, 0.15) is 11.6 Å². The summed E-state index contributed by atoms with van der Waals surface area (Å²) in [5, 5.41) is 8.59. The second-order valence-electron chi connectivity index (χ2n) is 4.14. The van der Waals surface area contributed by atoms with Gasteiger partial charge in [-0.2, -0.15) is 0 Å². The van der Waals surface area contributed by atoms with Crippen LogP contribution in [-0.4, -0.2) is 34.1 Å². The van der Waals surface area contributed by atoms with Crippen LogP contribution >= 0.6 is 0 Å². The minimum Gasteiger partial charge on any atom is -0.481 e. The van der Waals surface area contributed by atoms with Crippen LogP contribution < -0.4 is 10.5 Å². The number of aliphatic carboxylic acids is 1. The zero-order chi connectivity index (χ0) is 12.3. The fraction of sp³-hybridized carbons (Fsp3) is 0.545. The first kappa shape index (κ1) is 11.6. The number of nitrogens with zero attached hydrogens (tertiary/aromatic N) is 2. The van der Waals surface area contributed by atoms with Crippen LogP contribution in [0.4, 0.5) is 5.82 Å². The molecule has 2 heterocycles. The van der Waals surface area contributed by atoms with E-state index in [-0.39, 0.29) is 18.4 Å². The van der Waals surface area contributed by atoms with Crippen molar-refractivity contribution in [3.63, 3.8) is 0 Å². The Kier molecular flexibility index (Phi) is 3.41. The Morgan fingerprint density at radius 1 is 1.47 bits per heavy atom. The summed E-state index contributed by atoms with van der Waals surface area (Å²) in [6, 6.07) is 1.47. The van der Waals surface area contributed by atoms with Crippen molar-refractivity contribution in [2.75, 3.05) is 18.0 Å². The standard InChI is InChI=1S/C11H15N3O3/c15-10-7-9(14-5-1-2-6-14)12-8(13-10)3-4-11(16)17/h7H,1-6H2,(H,16,17)(H,12,13,15). The largest absolute Gasteiger partial charge is 0.481 e. The third kappa shape index (κ3) is 3.05. The smallest absolute Gasteiger partial charge is 0.303 e. The Hall–Kier alpha value is -1.85. The highest BCUT2D eigenvalue weighted by atomic mass is 16.4. The van der Waals surface area contributed by atoms with Crippen LogP contribution in [0.2, 0.25) is 0 Å². The van der Waals surface area contributed by atoms with Gasteiger partial charge in [0.2, 0.25) is 0 Å². The summed E-state index contributed by atoms with van der Waals surface area (Å²) in [7, 11) is 0. The van der Waals surface area contributed by atoms with E-state index in [1.165, 1.54) is 6.07 Å². The van der Waals surface area contributed by atoms with Gasteiger partial charge < -0.3 is 15.0 Å². The highest BCUT2D eigenvalue weighted by Gasteiger charge is 2.15. The lowest BCUT2D eigenvalue weighted by atomic mass is 10.3. The highest BCUT2D eigenvalue weighted by molar-refractivity contribution is 5.66. The van der Waals surface area contributed by atoms with Gasteiger partial charge >= 0.3 is 5.97 Å². The number of hydrogen-bond acceptors (Lipinski definition) is 4. The number of H-pyrrole nitrogens is 1. The van der Waals surface area contributed by atoms with Gasteiger partial charge in [0.15, 0.2) is 0 Å². The van der Waals surface area contributed by atoms with E-state index in [4.69, 9.17) is 5.11 Å². The minimum absolute atomic E-state index is 0.0214. The average Bonchev–Trinajstić information content (AvgIpc) is 2.79. The summed E-state index contributed by atoms with van der Waals surface area (Å²) in [6.07, 6.45) is 2.45. The van der Waals surface area contributed by atoms with Gasteiger partial charge in [-0.05, 0) is 12.8 Å².